The molecule has 0 saturated carbocycles. The molecule has 1 aromatic heterocycles. The van der Waals surface area contributed by atoms with E-state index in [4.69, 9.17) is 9.63 Å². The predicted octanol–water partition coefficient (Wildman–Crippen LogP) is 0.888. The van der Waals surface area contributed by atoms with E-state index >= 15 is 0 Å². The SMILES string of the molecule is Cc1cc(CN(C)C(C)C(=O)O)no1. The molecule has 5 heteroatoms. The van der Waals surface area contributed by atoms with Gasteiger partial charge in [-0.05, 0) is 20.9 Å². The number of hydrogen-bond donors (Lipinski definition) is 1. The number of rotatable bonds is 4. The lowest BCUT2D eigenvalue weighted by molar-refractivity contribution is -0.142. The highest BCUT2D eigenvalue weighted by Gasteiger charge is 2.17. The van der Waals surface area contributed by atoms with Crippen LogP contribution in [0.25, 0.3) is 0 Å². The lowest BCUT2D eigenvalue weighted by Crippen LogP contribution is -2.35. The Morgan fingerprint density at radius 2 is 2.43 bits per heavy atom. The largest absolute Gasteiger partial charge is 0.480 e. The third-order valence-corrected chi connectivity index (χ3v) is 2.11. The van der Waals surface area contributed by atoms with Crippen LogP contribution in [0.15, 0.2) is 10.6 Å². The maximum atomic E-state index is 10.7. The molecule has 0 spiro atoms. The number of aromatic nitrogens is 1. The summed E-state index contributed by atoms with van der Waals surface area (Å²) in [4.78, 5) is 12.3. The molecule has 0 aliphatic carbocycles. The van der Waals surface area contributed by atoms with Crippen LogP contribution in [0.1, 0.15) is 18.4 Å². The Kier molecular flexibility index (Phi) is 3.24. The molecule has 5 nitrogen and oxygen atoms in total. The van der Waals surface area contributed by atoms with Crippen molar-refractivity contribution >= 4 is 5.97 Å². The normalized spacial score (nSPS) is 13.1. The van der Waals surface area contributed by atoms with E-state index in [-0.39, 0.29) is 0 Å². The van der Waals surface area contributed by atoms with Crippen LogP contribution in [0.3, 0.4) is 0 Å². The highest BCUT2D eigenvalue weighted by molar-refractivity contribution is 5.72. The van der Waals surface area contributed by atoms with Crippen LogP contribution < -0.4 is 0 Å². The molecule has 0 radical (unpaired) electrons. The summed E-state index contributed by atoms with van der Waals surface area (Å²) in [6.45, 7) is 3.91. The van der Waals surface area contributed by atoms with Crippen molar-refractivity contribution in [1.82, 2.24) is 10.1 Å². The molecule has 1 heterocycles. The van der Waals surface area contributed by atoms with Gasteiger partial charge in [-0.3, -0.25) is 9.69 Å². The number of carboxylic acids is 1. The number of nitrogens with zero attached hydrogens (tertiary/aromatic N) is 2. The van der Waals surface area contributed by atoms with E-state index in [1.165, 1.54) is 0 Å². The van der Waals surface area contributed by atoms with E-state index in [0.29, 0.717) is 6.54 Å². The highest BCUT2D eigenvalue weighted by atomic mass is 16.5. The molecular formula is C9H14N2O3. The maximum absolute atomic E-state index is 10.7. The Morgan fingerprint density at radius 3 is 2.86 bits per heavy atom. The second-order valence-electron chi connectivity index (χ2n) is 3.36. The zero-order valence-electron chi connectivity index (χ0n) is 8.52. The summed E-state index contributed by atoms with van der Waals surface area (Å²) in [5.74, 6) is -0.107. The molecule has 14 heavy (non-hydrogen) atoms. The quantitative estimate of drug-likeness (QED) is 0.778. The van der Waals surface area contributed by atoms with Crippen LogP contribution in [0, 0.1) is 6.92 Å². The summed E-state index contributed by atoms with van der Waals surface area (Å²) in [6, 6.07) is 1.28. The molecule has 0 amide bonds. The van der Waals surface area contributed by atoms with Crippen LogP contribution in [0.4, 0.5) is 0 Å². The number of hydrogen-bond acceptors (Lipinski definition) is 4. The van der Waals surface area contributed by atoms with Crippen molar-refractivity contribution in [3.63, 3.8) is 0 Å². The van der Waals surface area contributed by atoms with E-state index in [9.17, 15) is 4.79 Å². The molecule has 1 rings (SSSR count). The Labute approximate surface area is 82.3 Å². The highest BCUT2D eigenvalue weighted by Crippen LogP contribution is 2.06. The molecule has 0 fully saturated rings. The molecule has 0 aliphatic heterocycles. The molecule has 1 N–H and O–H groups in total. The minimum Gasteiger partial charge on any atom is -0.480 e. The van der Waals surface area contributed by atoms with Crippen molar-refractivity contribution in [2.45, 2.75) is 26.4 Å². The van der Waals surface area contributed by atoms with Gasteiger partial charge in [0.25, 0.3) is 0 Å². The fourth-order valence-electron chi connectivity index (χ4n) is 1.07. The Bertz CT molecular complexity index is 322. The van der Waals surface area contributed by atoms with E-state index in [1.807, 2.05) is 0 Å². The molecule has 1 unspecified atom stereocenters. The van der Waals surface area contributed by atoms with Gasteiger partial charge in [-0.2, -0.15) is 0 Å². The van der Waals surface area contributed by atoms with Gasteiger partial charge in [0.2, 0.25) is 0 Å². The summed E-state index contributed by atoms with van der Waals surface area (Å²) in [5, 5.41) is 12.5. The monoisotopic (exact) mass is 198 g/mol. The summed E-state index contributed by atoms with van der Waals surface area (Å²) >= 11 is 0. The molecule has 0 bridgehead atoms. The molecule has 1 aromatic rings. The van der Waals surface area contributed by atoms with Crippen LogP contribution in [-0.4, -0.2) is 34.2 Å². The van der Waals surface area contributed by atoms with Crippen molar-refractivity contribution in [1.29, 1.82) is 0 Å². The van der Waals surface area contributed by atoms with Gasteiger partial charge in [0, 0.05) is 12.6 Å². The minimum absolute atomic E-state index is 0.477. The van der Waals surface area contributed by atoms with Crippen LogP contribution in [0.2, 0.25) is 0 Å². The zero-order valence-corrected chi connectivity index (χ0v) is 8.52. The lowest BCUT2D eigenvalue weighted by Gasteiger charge is -2.19. The van der Waals surface area contributed by atoms with E-state index in [0.717, 1.165) is 11.5 Å². The van der Waals surface area contributed by atoms with Gasteiger partial charge in [0.05, 0.1) is 5.69 Å². The van der Waals surface area contributed by atoms with Crippen LogP contribution >= 0.6 is 0 Å². The average Bonchev–Trinajstić information content (AvgIpc) is 2.49. The van der Waals surface area contributed by atoms with Crippen molar-refractivity contribution in [3.05, 3.63) is 17.5 Å². The fourth-order valence-corrected chi connectivity index (χ4v) is 1.07. The van der Waals surface area contributed by atoms with Crippen molar-refractivity contribution < 1.29 is 14.4 Å². The summed E-state index contributed by atoms with van der Waals surface area (Å²) in [5.41, 5.74) is 0.748. The maximum Gasteiger partial charge on any atom is 0.320 e. The van der Waals surface area contributed by atoms with Crippen molar-refractivity contribution in [3.8, 4) is 0 Å². The van der Waals surface area contributed by atoms with Gasteiger partial charge in [0.15, 0.2) is 0 Å². The number of aryl methyl sites for hydroxylation is 1. The van der Waals surface area contributed by atoms with E-state index in [2.05, 4.69) is 5.16 Å². The van der Waals surface area contributed by atoms with E-state index in [1.54, 1.807) is 31.9 Å². The average molecular weight is 198 g/mol. The van der Waals surface area contributed by atoms with Gasteiger partial charge in [-0.1, -0.05) is 5.16 Å². The summed E-state index contributed by atoms with van der Waals surface area (Å²) in [6.07, 6.45) is 0. The first kappa shape index (κ1) is 10.7. The number of likely N-dealkylation sites (N-methyl/N-ethyl adjacent to an activating group) is 1. The van der Waals surface area contributed by atoms with Gasteiger partial charge in [-0.25, -0.2) is 0 Å². The van der Waals surface area contributed by atoms with Gasteiger partial charge in [0.1, 0.15) is 11.8 Å². The van der Waals surface area contributed by atoms with E-state index < -0.39 is 12.0 Å². The molecule has 0 saturated heterocycles. The van der Waals surface area contributed by atoms with Crippen molar-refractivity contribution in [2.24, 2.45) is 0 Å². The summed E-state index contributed by atoms with van der Waals surface area (Å²) in [7, 11) is 1.74. The van der Waals surface area contributed by atoms with Gasteiger partial charge >= 0.3 is 5.97 Å². The molecule has 1 atom stereocenters. The van der Waals surface area contributed by atoms with Crippen LogP contribution in [0.5, 0.6) is 0 Å². The third-order valence-electron chi connectivity index (χ3n) is 2.11. The molecule has 0 aliphatic rings. The second kappa shape index (κ2) is 4.23. The standard InChI is InChI=1S/C9H14N2O3/c1-6-4-8(10-14-6)5-11(3)7(2)9(12)13/h4,7H,5H2,1-3H3,(H,12,13). The fraction of sp³-hybridized carbons (Fsp3) is 0.556. The first-order valence-corrected chi connectivity index (χ1v) is 4.36. The Hall–Kier alpha value is -1.36. The predicted molar refractivity (Wildman–Crippen MR) is 49.8 cm³/mol. The van der Waals surface area contributed by atoms with Crippen molar-refractivity contribution in [2.75, 3.05) is 7.05 Å². The first-order chi connectivity index (χ1) is 6.50. The lowest BCUT2D eigenvalue weighted by atomic mass is 10.3. The summed E-state index contributed by atoms with van der Waals surface area (Å²) < 4.78 is 4.88. The number of carboxylic acid groups (broad SMARTS) is 1. The topological polar surface area (TPSA) is 66.6 Å². The smallest absolute Gasteiger partial charge is 0.320 e. The molecular weight excluding hydrogens is 184 g/mol. The second-order valence-corrected chi connectivity index (χ2v) is 3.36. The molecule has 78 valence electrons. The number of carbonyl (C=O) groups is 1. The molecule has 0 aromatic carbocycles. The minimum atomic E-state index is -0.840. The first-order valence-electron chi connectivity index (χ1n) is 4.36. The van der Waals surface area contributed by atoms with Crippen LogP contribution in [-0.2, 0) is 11.3 Å². The van der Waals surface area contributed by atoms with Gasteiger partial charge in [-0.15, -0.1) is 0 Å². The third kappa shape index (κ3) is 2.56. The number of aliphatic carboxylic acids is 1. The Morgan fingerprint density at radius 1 is 1.79 bits per heavy atom. The zero-order chi connectivity index (χ0) is 10.7. The Balaban J connectivity index is 2.56. The van der Waals surface area contributed by atoms with Gasteiger partial charge < -0.3 is 9.63 Å².